The lowest BCUT2D eigenvalue weighted by atomic mass is 9.75. The van der Waals surface area contributed by atoms with Gasteiger partial charge in [0.25, 0.3) is 0 Å². The molecule has 0 spiro atoms. The molecule has 7 rings (SSSR count). The Bertz CT molecular complexity index is 2020. The maximum atomic E-state index is 10.3. The van der Waals surface area contributed by atoms with Crippen molar-refractivity contribution in [2.75, 3.05) is 4.90 Å². The second-order valence-electron chi connectivity index (χ2n) is 10.4. The summed E-state index contributed by atoms with van der Waals surface area (Å²) in [6.07, 6.45) is 0. The van der Waals surface area contributed by atoms with E-state index in [0.29, 0.717) is 5.46 Å². The Morgan fingerprint density at radius 3 is 1.76 bits per heavy atom. The molecule has 0 fully saturated rings. The average molecular weight is 541 g/mol. The lowest BCUT2D eigenvalue weighted by Crippen LogP contribution is -2.31. The second-order valence-corrected chi connectivity index (χ2v) is 10.4. The predicted octanol–water partition coefficient (Wildman–Crippen LogP) is 8.48. The van der Waals surface area contributed by atoms with Crippen LogP contribution in [0, 0.1) is 0 Å². The molecule has 0 heterocycles. The van der Waals surface area contributed by atoms with E-state index < -0.39 is 7.12 Å². The lowest BCUT2D eigenvalue weighted by molar-refractivity contribution is 0.426. The van der Waals surface area contributed by atoms with Crippen molar-refractivity contribution in [1.29, 1.82) is 0 Å². The first-order chi connectivity index (χ1) is 20.7. The molecule has 0 bridgehead atoms. The van der Waals surface area contributed by atoms with Gasteiger partial charge in [0.05, 0.1) is 5.69 Å². The SMILES string of the molecule is OB(O)c1ccc(N(c2cccc(-c3ccccc3)c2)c2cc3ccccc3c3ccccc23)cc1-c1ccccc1. The Hall–Kier alpha value is -5.16. The third-order valence-electron chi connectivity index (χ3n) is 7.86. The molecule has 2 N–H and O–H groups in total. The van der Waals surface area contributed by atoms with Crippen LogP contribution in [-0.4, -0.2) is 17.2 Å². The van der Waals surface area contributed by atoms with E-state index in [1.807, 2.05) is 48.5 Å². The fraction of sp³-hybridized carbons (Fsp3) is 0. The summed E-state index contributed by atoms with van der Waals surface area (Å²) < 4.78 is 0. The lowest BCUT2D eigenvalue weighted by Gasteiger charge is -2.29. The van der Waals surface area contributed by atoms with Crippen LogP contribution in [0.3, 0.4) is 0 Å². The van der Waals surface area contributed by atoms with E-state index in [2.05, 4.69) is 114 Å². The molecule has 200 valence electrons. The molecule has 3 nitrogen and oxygen atoms in total. The minimum atomic E-state index is -1.59. The van der Waals surface area contributed by atoms with E-state index in [4.69, 9.17) is 0 Å². The number of hydrogen-bond acceptors (Lipinski definition) is 3. The largest absolute Gasteiger partial charge is 0.489 e. The summed E-state index contributed by atoms with van der Waals surface area (Å²) >= 11 is 0. The van der Waals surface area contributed by atoms with Crippen LogP contribution in [0.4, 0.5) is 17.1 Å². The van der Waals surface area contributed by atoms with Crippen molar-refractivity contribution in [2.45, 2.75) is 0 Å². The third kappa shape index (κ3) is 4.73. The smallest absolute Gasteiger partial charge is 0.423 e. The molecule has 0 saturated carbocycles. The number of nitrogens with zero attached hydrogens (tertiary/aromatic N) is 1. The van der Waals surface area contributed by atoms with Gasteiger partial charge in [-0.1, -0.05) is 127 Å². The van der Waals surface area contributed by atoms with Gasteiger partial charge in [-0.3, -0.25) is 0 Å². The Labute approximate surface area is 245 Å². The van der Waals surface area contributed by atoms with Crippen LogP contribution in [-0.2, 0) is 0 Å². The molecule has 42 heavy (non-hydrogen) atoms. The Balaban J connectivity index is 1.53. The summed E-state index contributed by atoms with van der Waals surface area (Å²) in [7, 11) is -1.59. The fourth-order valence-corrected chi connectivity index (χ4v) is 5.88. The van der Waals surface area contributed by atoms with Crippen LogP contribution in [0.2, 0.25) is 0 Å². The zero-order chi connectivity index (χ0) is 28.5. The maximum Gasteiger partial charge on any atom is 0.489 e. The van der Waals surface area contributed by atoms with Crippen LogP contribution in [0.5, 0.6) is 0 Å². The normalized spacial score (nSPS) is 11.1. The molecule has 0 atom stereocenters. The van der Waals surface area contributed by atoms with Gasteiger partial charge in [0, 0.05) is 16.8 Å². The minimum Gasteiger partial charge on any atom is -0.423 e. The monoisotopic (exact) mass is 541 g/mol. The molecule has 0 radical (unpaired) electrons. The van der Waals surface area contributed by atoms with E-state index in [0.717, 1.165) is 50.1 Å². The molecular formula is C38H28BNO2. The molecule has 0 amide bonds. The highest BCUT2D eigenvalue weighted by Crippen LogP contribution is 2.43. The van der Waals surface area contributed by atoms with Crippen LogP contribution >= 0.6 is 0 Å². The van der Waals surface area contributed by atoms with E-state index in [1.165, 1.54) is 10.8 Å². The van der Waals surface area contributed by atoms with Gasteiger partial charge in [-0.2, -0.15) is 0 Å². The van der Waals surface area contributed by atoms with Crippen molar-refractivity contribution in [3.05, 3.63) is 158 Å². The van der Waals surface area contributed by atoms with Crippen molar-refractivity contribution in [3.8, 4) is 22.3 Å². The van der Waals surface area contributed by atoms with Crippen molar-refractivity contribution < 1.29 is 10.0 Å². The predicted molar refractivity (Wildman–Crippen MR) is 177 cm³/mol. The number of benzene rings is 7. The van der Waals surface area contributed by atoms with Crippen LogP contribution in [0.1, 0.15) is 0 Å². The van der Waals surface area contributed by atoms with Crippen LogP contribution in [0.15, 0.2) is 158 Å². The zero-order valence-electron chi connectivity index (χ0n) is 22.9. The zero-order valence-corrected chi connectivity index (χ0v) is 22.9. The second kappa shape index (κ2) is 11.0. The van der Waals surface area contributed by atoms with Gasteiger partial charge >= 0.3 is 7.12 Å². The molecule has 0 saturated heterocycles. The molecule has 0 aliphatic carbocycles. The Morgan fingerprint density at radius 1 is 0.429 bits per heavy atom. The van der Waals surface area contributed by atoms with Gasteiger partial charge in [0.15, 0.2) is 0 Å². The first kappa shape index (κ1) is 25.8. The molecular weight excluding hydrogens is 513 g/mol. The van der Waals surface area contributed by atoms with Crippen LogP contribution < -0.4 is 10.4 Å². The Morgan fingerprint density at radius 2 is 1.02 bits per heavy atom. The molecule has 0 aliphatic heterocycles. The highest BCUT2D eigenvalue weighted by atomic mass is 16.4. The highest BCUT2D eigenvalue weighted by Gasteiger charge is 2.22. The summed E-state index contributed by atoms with van der Waals surface area (Å²) in [5, 5.41) is 25.3. The topological polar surface area (TPSA) is 43.7 Å². The summed E-state index contributed by atoms with van der Waals surface area (Å²) in [4.78, 5) is 2.28. The highest BCUT2D eigenvalue weighted by molar-refractivity contribution is 6.60. The average Bonchev–Trinajstić information content (AvgIpc) is 3.06. The van der Waals surface area contributed by atoms with E-state index in [-0.39, 0.29) is 0 Å². The molecule has 7 aromatic rings. The standard InChI is InChI=1S/C38H28BNO2/c41-39(42)37-23-22-32(26-36(37)28-14-5-2-6-15-28)40(31-18-11-17-29(24-31)27-12-3-1-4-13-27)38-25-30-16-7-8-19-33(30)34-20-9-10-21-35(34)38/h1-26,41-42H. The number of fused-ring (bicyclic) bond motifs is 3. The number of rotatable bonds is 6. The van der Waals surface area contributed by atoms with E-state index >= 15 is 0 Å². The van der Waals surface area contributed by atoms with Gasteiger partial charge in [-0.25, -0.2) is 0 Å². The Kier molecular flexibility index (Phi) is 6.77. The van der Waals surface area contributed by atoms with Crippen molar-refractivity contribution in [1.82, 2.24) is 0 Å². The first-order valence-electron chi connectivity index (χ1n) is 14.1. The van der Waals surface area contributed by atoms with Gasteiger partial charge in [-0.05, 0) is 74.2 Å². The number of anilines is 3. The molecule has 7 aromatic carbocycles. The summed E-state index contributed by atoms with van der Waals surface area (Å²) in [6, 6.07) is 54.0. The van der Waals surface area contributed by atoms with E-state index in [1.54, 1.807) is 0 Å². The van der Waals surface area contributed by atoms with Gasteiger partial charge < -0.3 is 14.9 Å². The maximum absolute atomic E-state index is 10.3. The third-order valence-corrected chi connectivity index (χ3v) is 7.86. The first-order valence-corrected chi connectivity index (χ1v) is 14.1. The quantitative estimate of drug-likeness (QED) is 0.164. The van der Waals surface area contributed by atoms with Crippen molar-refractivity contribution in [2.24, 2.45) is 0 Å². The summed E-state index contributed by atoms with van der Waals surface area (Å²) in [6.45, 7) is 0. The molecule has 0 unspecified atom stereocenters. The molecule has 4 heteroatoms. The number of hydrogen-bond donors (Lipinski definition) is 2. The fourth-order valence-electron chi connectivity index (χ4n) is 5.88. The van der Waals surface area contributed by atoms with Crippen LogP contribution in [0.25, 0.3) is 43.8 Å². The summed E-state index contributed by atoms with van der Waals surface area (Å²) in [5.74, 6) is 0. The molecule has 0 aromatic heterocycles. The van der Waals surface area contributed by atoms with Crippen molar-refractivity contribution in [3.63, 3.8) is 0 Å². The molecule has 0 aliphatic rings. The van der Waals surface area contributed by atoms with Gasteiger partial charge in [0.2, 0.25) is 0 Å². The van der Waals surface area contributed by atoms with Gasteiger partial charge in [0.1, 0.15) is 0 Å². The van der Waals surface area contributed by atoms with E-state index in [9.17, 15) is 10.0 Å². The van der Waals surface area contributed by atoms with Crippen molar-refractivity contribution >= 4 is 51.2 Å². The van der Waals surface area contributed by atoms with Gasteiger partial charge in [-0.15, -0.1) is 0 Å². The summed E-state index contributed by atoms with van der Waals surface area (Å²) in [5.41, 5.74) is 7.40. The minimum absolute atomic E-state index is 0.464.